The maximum absolute atomic E-state index is 13.8. The van der Waals surface area contributed by atoms with Gasteiger partial charge in [0.05, 0.1) is 10.0 Å². The van der Waals surface area contributed by atoms with Crippen molar-refractivity contribution in [1.82, 2.24) is 4.98 Å². The zero-order valence-electron chi connectivity index (χ0n) is 9.40. The van der Waals surface area contributed by atoms with Crippen LogP contribution in [0.3, 0.4) is 0 Å². The number of hydrogen-bond donors (Lipinski definition) is 0. The minimum Gasteiger partial charge on any atom is -0.215 e. The number of rotatable bonds is 1. The molecule has 0 unspecified atom stereocenters. The maximum atomic E-state index is 13.8. The van der Waals surface area contributed by atoms with Crippen molar-refractivity contribution in [2.24, 2.45) is 0 Å². The summed E-state index contributed by atoms with van der Waals surface area (Å²) in [5.74, 6) is -1.31. The molecule has 2 rings (SSSR count). The van der Waals surface area contributed by atoms with Gasteiger partial charge in [-0.3, -0.25) is 0 Å². The molecular weight excluding hydrogens is 340 g/mol. The number of nitrogens with zero attached hydrogens (tertiary/aromatic N) is 1. The van der Waals surface area contributed by atoms with E-state index < -0.39 is 17.8 Å². The van der Waals surface area contributed by atoms with E-state index in [2.05, 4.69) is 4.98 Å². The first-order valence-electron chi connectivity index (χ1n) is 5.09. The summed E-state index contributed by atoms with van der Waals surface area (Å²) in [6, 6.07) is 4.22. The lowest BCUT2D eigenvalue weighted by atomic mass is 10.1. The van der Waals surface area contributed by atoms with Crippen LogP contribution < -0.4 is 0 Å². The van der Waals surface area contributed by atoms with Gasteiger partial charge in [0.15, 0.2) is 0 Å². The Kier molecular flexibility index (Phi) is 4.14. The van der Waals surface area contributed by atoms with Crippen LogP contribution >= 0.6 is 34.8 Å². The highest BCUT2D eigenvalue weighted by atomic mass is 35.5. The molecule has 0 atom stereocenters. The van der Waals surface area contributed by atoms with Crippen LogP contribution in [-0.2, 0) is 6.18 Å². The molecule has 1 aromatic carbocycles. The Morgan fingerprint density at radius 3 is 2.15 bits per heavy atom. The first-order valence-corrected chi connectivity index (χ1v) is 6.22. The van der Waals surface area contributed by atoms with E-state index in [0.717, 1.165) is 6.07 Å². The average Bonchev–Trinajstić information content (AvgIpc) is 2.33. The third-order valence-corrected chi connectivity index (χ3v) is 3.44. The minimum absolute atomic E-state index is 0.0171. The lowest BCUT2D eigenvalue weighted by Crippen LogP contribution is -2.09. The summed E-state index contributed by atoms with van der Waals surface area (Å²) in [4.78, 5) is 2.88. The van der Waals surface area contributed by atoms with Crippen LogP contribution in [0.2, 0.25) is 15.1 Å². The van der Waals surface area contributed by atoms with Gasteiger partial charge in [0.25, 0.3) is 0 Å². The molecular formula is C12H4Cl3F4N. The highest BCUT2D eigenvalue weighted by Gasteiger charge is 2.33. The monoisotopic (exact) mass is 343 g/mol. The molecule has 1 nitrogen and oxygen atoms in total. The lowest BCUT2D eigenvalue weighted by Gasteiger charge is -2.10. The molecule has 0 N–H and O–H groups in total. The van der Waals surface area contributed by atoms with Crippen LogP contribution in [0.25, 0.3) is 11.1 Å². The summed E-state index contributed by atoms with van der Waals surface area (Å²) in [6.45, 7) is 0. The number of alkyl halides is 3. The van der Waals surface area contributed by atoms with Crippen LogP contribution in [-0.4, -0.2) is 4.98 Å². The molecule has 1 aromatic heterocycles. The lowest BCUT2D eigenvalue weighted by molar-refractivity contribution is -0.141. The number of hydrogen-bond acceptors (Lipinski definition) is 1. The Labute approximate surface area is 126 Å². The van der Waals surface area contributed by atoms with E-state index in [4.69, 9.17) is 34.8 Å². The topological polar surface area (TPSA) is 12.9 Å². The molecule has 0 aliphatic heterocycles. The second kappa shape index (κ2) is 5.39. The van der Waals surface area contributed by atoms with Gasteiger partial charge in [-0.2, -0.15) is 17.6 Å². The van der Waals surface area contributed by atoms with Crippen molar-refractivity contribution in [1.29, 1.82) is 0 Å². The molecule has 0 bridgehead atoms. The zero-order chi connectivity index (χ0) is 15.1. The molecule has 20 heavy (non-hydrogen) atoms. The molecule has 0 aliphatic rings. The molecule has 0 fully saturated rings. The fourth-order valence-electron chi connectivity index (χ4n) is 1.55. The maximum Gasteiger partial charge on any atom is 0.433 e. The van der Waals surface area contributed by atoms with Crippen LogP contribution in [0, 0.1) is 5.95 Å². The van der Waals surface area contributed by atoms with Crippen molar-refractivity contribution in [3.05, 3.63) is 51.0 Å². The fourth-order valence-corrected chi connectivity index (χ4v) is 2.25. The molecule has 8 heteroatoms. The molecule has 0 amide bonds. The normalized spacial score (nSPS) is 11.8. The van der Waals surface area contributed by atoms with E-state index in [9.17, 15) is 17.6 Å². The molecule has 0 saturated carbocycles. The summed E-state index contributed by atoms with van der Waals surface area (Å²) < 4.78 is 51.0. The van der Waals surface area contributed by atoms with E-state index >= 15 is 0 Å². The average molecular weight is 345 g/mol. The van der Waals surface area contributed by atoms with Gasteiger partial charge in [-0.05, 0) is 24.3 Å². The van der Waals surface area contributed by atoms with E-state index in [1.807, 2.05) is 0 Å². The zero-order valence-corrected chi connectivity index (χ0v) is 11.7. The standard InChI is InChI=1S/C12H4Cl3F4N/c13-5-3-7(10(15)8(14)4-5)6-1-2-9(12(17,18)19)20-11(6)16/h1-4H. The first-order chi connectivity index (χ1) is 9.20. The molecule has 0 saturated heterocycles. The number of aromatic nitrogens is 1. The quantitative estimate of drug-likeness (QED) is 0.358. The third kappa shape index (κ3) is 3.00. The highest BCUT2D eigenvalue weighted by molar-refractivity contribution is 6.45. The van der Waals surface area contributed by atoms with E-state index in [-0.39, 0.29) is 26.2 Å². The van der Waals surface area contributed by atoms with Gasteiger partial charge in [0.1, 0.15) is 5.69 Å². The van der Waals surface area contributed by atoms with Crippen molar-refractivity contribution in [2.75, 3.05) is 0 Å². The fraction of sp³-hybridized carbons (Fsp3) is 0.0833. The SMILES string of the molecule is Fc1nc(C(F)(F)F)ccc1-c1cc(Cl)cc(Cl)c1Cl. The summed E-state index contributed by atoms with van der Waals surface area (Å²) in [5, 5.41) is 0.221. The van der Waals surface area contributed by atoms with Crippen LogP contribution in [0.5, 0.6) is 0 Å². The predicted octanol–water partition coefficient (Wildman–Crippen LogP) is 5.87. The second-order valence-corrected chi connectivity index (χ2v) is 5.00. The van der Waals surface area contributed by atoms with Gasteiger partial charge in [0, 0.05) is 16.1 Å². The Balaban J connectivity index is 2.60. The molecule has 0 aliphatic carbocycles. The summed E-state index contributed by atoms with van der Waals surface area (Å²) >= 11 is 17.4. The Morgan fingerprint density at radius 2 is 1.60 bits per heavy atom. The summed E-state index contributed by atoms with van der Waals surface area (Å²) in [7, 11) is 0. The van der Waals surface area contributed by atoms with Crippen molar-refractivity contribution in [2.45, 2.75) is 6.18 Å². The van der Waals surface area contributed by atoms with Crippen LogP contribution in [0.15, 0.2) is 24.3 Å². The molecule has 1 heterocycles. The van der Waals surface area contributed by atoms with Gasteiger partial charge in [-0.25, -0.2) is 4.98 Å². The Morgan fingerprint density at radius 1 is 0.950 bits per heavy atom. The van der Waals surface area contributed by atoms with Gasteiger partial charge in [-0.1, -0.05) is 34.8 Å². The molecule has 106 valence electrons. The Bertz CT molecular complexity index is 670. The van der Waals surface area contributed by atoms with E-state index in [1.54, 1.807) is 0 Å². The van der Waals surface area contributed by atoms with Gasteiger partial charge < -0.3 is 0 Å². The predicted molar refractivity (Wildman–Crippen MR) is 69.7 cm³/mol. The van der Waals surface area contributed by atoms with Crippen molar-refractivity contribution in [3.63, 3.8) is 0 Å². The van der Waals surface area contributed by atoms with Crippen molar-refractivity contribution < 1.29 is 17.6 Å². The van der Waals surface area contributed by atoms with Gasteiger partial charge in [0.2, 0.25) is 5.95 Å². The third-order valence-electron chi connectivity index (χ3n) is 2.42. The molecule has 0 spiro atoms. The molecule has 0 radical (unpaired) electrons. The summed E-state index contributed by atoms with van der Waals surface area (Å²) in [6.07, 6.45) is -4.73. The second-order valence-electron chi connectivity index (χ2n) is 3.78. The minimum atomic E-state index is -4.73. The van der Waals surface area contributed by atoms with Gasteiger partial charge >= 0.3 is 6.18 Å². The largest absolute Gasteiger partial charge is 0.433 e. The van der Waals surface area contributed by atoms with E-state index in [1.165, 1.54) is 12.1 Å². The first kappa shape index (κ1) is 15.4. The van der Waals surface area contributed by atoms with Gasteiger partial charge in [-0.15, -0.1) is 0 Å². The van der Waals surface area contributed by atoms with Crippen molar-refractivity contribution >= 4 is 34.8 Å². The van der Waals surface area contributed by atoms with Crippen LogP contribution in [0.4, 0.5) is 17.6 Å². The highest BCUT2D eigenvalue weighted by Crippen LogP contribution is 2.38. The number of pyridine rings is 1. The number of benzene rings is 1. The van der Waals surface area contributed by atoms with E-state index in [0.29, 0.717) is 6.07 Å². The molecule has 2 aromatic rings. The smallest absolute Gasteiger partial charge is 0.215 e. The van der Waals surface area contributed by atoms with Crippen LogP contribution in [0.1, 0.15) is 5.69 Å². The number of halogens is 7. The van der Waals surface area contributed by atoms with Crippen molar-refractivity contribution in [3.8, 4) is 11.1 Å². The summed E-state index contributed by atoms with van der Waals surface area (Å²) in [5.41, 5.74) is -1.47. The Hall–Kier alpha value is -1.04.